The van der Waals surface area contributed by atoms with Crippen LogP contribution in [0, 0.1) is 13.8 Å². The number of nitrogens with two attached hydrogens (primary N) is 1. The molecular weight excluding hydrogens is 240 g/mol. The molecule has 0 saturated heterocycles. The molecule has 0 bridgehead atoms. The zero-order chi connectivity index (χ0) is 13.8. The summed E-state index contributed by atoms with van der Waals surface area (Å²) in [5.41, 5.74) is 9.16. The van der Waals surface area contributed by atoms with Gasteiger partial charge in [-0.15, -0.1) is 0 Å². The number of amides is 1. The van der Waals surface area contributed by atoms with Gasteiger partial charge in [-0.1, -0.05) is 0 Å². The van der Waals surface area contributed by atoms with Crippen LogP contribution >= 0.6 is 0 Å². The number of rotatable bonds is 3. The molecule has 0 atom stereocenters. The van der Waals surface area contributed by atoms with Gasteiger partial charge < -0.3 is 11.1 Å². The van der Waals surface area contributed by atoms with E-state index >= 15 is 0 Å². The van der Waals surface area contributed by atoms with Crippen molar-refractivity contribution in [3.05, 3.63) is 53.1 Å². The predicted octanol–water partition coefficient (Wildman–Crippen LogP) is 1.80. The minimum Gasteiger partial charge on any atom is -0.325 e. The summed E-state index contributed by atoms with van der Waals surface area (Å²) in [7, 11) is 0. The zero-order valence-corrected chi connectivity index (χ0v) is 11.0. The van der Waals surface area contributed by atoms with Gasteiger partial charge in [0.25, 0.3) is 5.91 Å². The van der Waals surface area contributed by atoms with Gasteiger partial charge in [-0.3, -0.25) is 14.8 Å². The maximum atomic E-state index is 12.1. The van der Waals surface area contributed by atoms with Gasteiger partial charge in [0.05, 0.1) is 17.1 Å². The van der Waals surface area contributed by atoms with E-state index in [9.17, 15) is 4.79 Å². The summed E-state index contributed by atoms with van der Waals surface area (Å²) in [6.45, 7) is 4.09. The van der Waals surface area contributed by atoms with Crippen molar-refractivity contribution in [2.75, 3.05) is 5.32 Å². The van der Waals surface area contributed by atoms with Crippen LogP contribution < -0.4 is 11.1 Å². The van der Waals surface area contributed by atoms with Crippen molar-refractivity contribution in [2.45, 2.75) is 20.4 Å². The van der Waals surface area contributed by atoms with E-state index in [-0.39, 0.29) is 5.91 Å². The lowest BCUT2D eigenvalue weighted by Crippen LogP contribution is -2.14. The van der Waals surface area contributed by atoms with Crippen LogP contribution in [0.2, 0.25) is 0 Å². The number of carbonyl (C=O) groups is 1. The summed E-state index contributed by atoms with van der Waals surface area (Å²) in [6, 6.07) is 7.05. The van der Waals surface area contributed by atoms with Gasteiger partial charge in [0, 0.05) is 24.0 Å². The molecule has 0 aromatic carbocycles. The summed E-state index contributed by atoms with van der Waals surface area (Å²) in [5.74, 6) is -0.189. The normalized spacial score (nSPS) is 10.3. The summed E-state index contributed by atoms with van der Waals surface area (Å²) in [4.78, 5) is 20.5. The first-order valence-corrected chi connectivity index (χ1v) is 6.00. The third kappa shape index (κ3) is 3.14. The van der Waals surface area contributed by atoms with Crippen LogP contribution in [0.4, 0.5) is 5.69 Å². The van der Waals surface area contributed by atoms with Gasteiger partial charge in [0.15, 0.2) is 0 Å². The Hall–Kier alpha value is -2.27. The van der Waals surface area contributed by atoms with Gasteiger partial charge in [0.2, 0.25) is 0 Å². The first kappa shape index (κ1) is 13.2. The van der Waals surface area contributed by atoms with Gasteiger partial charge in [0.1, 0.15) is 0 Å². The Balaban J connectivity index is 2.20. The number of pyridine rings is 2. The molecule has 2 aromatic heterocycles. The van der Waals surface area contributed by atoms with E-state index in [1.807, 2.05) is 26.0 Å². The highest BCUT2D eigenvalue weighted by atomic mass is 16.1. The van der Waals surface area contributed by atoms with E-state index in [1.54, 1.807) is 18.3 Å². The van der Waals surface area contributed by atoms with E-state index in [2.05, 4.69) is 15.3 Å². The summed E-state index contributed by atoms with van der Waals surface area (Å²) in [6.07, 6.45) is 1.58. The lowest BCUT2D eigenvalue weighted by Gasteiger charge is -2.08. The maximum Gasteiger partial charge on any atom is 0.255 e. The number of nitrogens with zero attached hydrogens (tertiary/aromatic N) is 2. The smallest absolute Gasteiger partial charge is 0.255 e. The second-order valence-corrected chi connectivity index (χ2v) is 4.28. The first-order chi connectivity index (χ1) is 9.10. The van der Waals surface area contributed by atoms with Gasteiger partial charge >= 0.3 is 0 Å². The number of aromatic nitrogens is 2. The molecule has 2 rings (SSSR count). The van der Waals surface area contributed by atoms with E-state index in [4.69, 9.17) is 5.73 Å². The largest absolute Gasteiger partial charge is 0.325 e. The van der Waals surface area contributed by atoms with Crippen LogP contribution in [-0.2, 0) is 6.54 Å². The summed E-state index contributed by atoms with van der Waals surface area (Å²) >= 11 is 0. The lowest BCUT2D eigenvalue weighted by molar-refractivity contribution is 0.102. The molecule has 1 amide bonds. The number of carbonyl (C=O) groups excluding carboxylic acids is 1. The molecule has 0 fully saturated rings. The molecule has 2 aromatic rings. The monoisotopic (exact) mass is 256 g/mol. The molecule has 98 valence electrons. The fourth-order valence-electron chi connectivity index (χ4n) is 1.74. The number of hydrogen-bond donors (Lipinski definition) is 2. The highest BCUT2D eigenvalue weighted by molar-refractivity contribution is 6.04. The average molecular weight is 256 g/mol. The van der Waals surface area contributed by atoms with Crippen LogP contribution in [0.1, 0.15) is 27.4 Å². The summed E-state index contributed by atoms with van der Waals surface area (Å²) in [5, 5.41) is 2.83. The lowest BCUT2D eigenvalue weighted by atomic mass is 10.2. The Kier molecular flexibility index (Phi) is 3.87. The molecule has 19 heavy (non-hydrogen) atoms. The SMILES string of the molecule is Cc1ccc(NC(=O)c2ccnc(CN)c2)c(C)n1. The van der Waals surface area contributed by atoms with Crippen LogP contribution in [0.5, 0.6) is 0 Å². The molecule has 0 spiro atoms. The van der Waals surface area contributed by atoms with Crippen molar-refractivity contribution < 1.29 is 4.79 Å². The molecule has 0 saturated carbocycles. The van der Waals surface area contributed by atoms with Gasteiger partial charge in [-0.05, 0) is 38.1 Å². The number of nitrogens with one attached hydrogen (secondary N) is 1. The fraction of sp³-hybridized carbons (Fsp3) is 0.214. The minimum absolute atomic E-state index is 0.189. The molecule has 5 heteroatoms. The van der Waals surface area contributed by atoms with Crippen molar-refractivity contribution in [3.63, 3.8) is 0 Å². The Morgan fingerprint density at radius 1 is 1.32 bits per heavy atom. The van der Waals surface area contributed by atoms with Crippen molar-refractivity contribution in [1.82, 2.24) is 9.97 Å². The molecule has 0 aliphatic carbocycles. The van der Waals surface area contributed by atoms with Crippen LogP contribution in [-0.4, -0.2) is 15.9 Å². The van der Waals surface area contributed by atoms with Crippen LogP contribution in [0.25, 0.3) is 0 Å². The second kappa shape index (κ2) is 5.58. The van der Waals surface area contributed by atoms with E-state index < -0.39 is 0 Å². The maximum absolute atomic E-state index is 12.1. The van der Waals surface area contributed by atoms with E-state index in [0.717, 1.165) is 11.4 Å². The molecule has 0 radical (unpaired) electrons. The quantitative estimate of drug-likeness (QED) is 0.877. The molecule has 2 heterocycles. The highest BCUT2D eigenvalue weighted by Gasteiger charge is 2.09. The molecule has 0 unspecified atom stereocenters. The molecule has 0 aliphatic heterocycles. The predicted molar refractivity (Wildman–Crippen MR) is 73.8 cm³/mol. The molecule has 0 aliphatic rings. The van der Waals surface area contributed by atoms with Crippen molar-refractivity contribution >= 4 is 11.6 Å². The number of hydrogen-bond acceptors (Lipinski definition) is 4. The van der Waals surface area contributed by atoms with Crippen molar-refractivity contribution in [1.29, 1.82) is 0 Å². The molecule has 3 N–H and O–H groups in total. The van der Waals surface area contributed by atoms with Crippen molar-refractivity contribution in [2.24, 2.45) is 5.73 Å². The third-order valence-electron chi connectivity index (χ3n) is 2.76. The van der Waals surface area contributed by atoms with Crippen molar-refractivity contribution in [3.8, 4) is 0 Å². The number of aryl methyl sites for hydroxylation is 2. The Morgan fingerprint density at radius 2 is 2.11 bits per heavy atom. The van der Waals surface area contributed by atoms with Crippen LogP contribution in [0.3, 0.4) is 0 Å². The Bertz CT molecular complexity index is 610. The van der Waals surface area contributed by atoms with Gasteiger partial charge in [-0.2, -0.15) is 0 Å². The fourth-order valence-corrected chi connectivity index (χ4v) is 1.74. The Labute approximate surface area is 111 Å². The topological polar surface area (TPSA) is 80.9 Å². The van der Waals surface area contributed by atoms with E-state index in [1.165, 1.54) is 0 Å². The molecule has 5 nitrogen and oxygen atoms in total. The first-order valence-electron chi connectivity index (χ1n) is 6.00. The standard InChI is InChI=1S/C14H16N4O/c1-9-3-4-13(10(2)17-9)18-14(19)11-5-6-16-12(7-11)8-15/h3-7H,8,15H2,1-2H3,(H,18,19). The number of anilines is 1. The van der Waals surface area contributed by atoms with Crippen LogP contribution in [0.15, 0.2) is 30.5 Å². The summed E-state index contributed by atoms with van der Waals surface area (Å²) < 4.78 is 0. The van der Waals surface area contributed by atoms with E-state index in [0.29, 0.717) is 23.5 Å². The second-order valence-electron chi connectivity index (χ2n) is 4.28. The Morgan fingerprint density at radius 3 is 2.79 bits per heavy atom. The third-order valence-corrected chi connectivity index (χ3v) is 2.76. The zero-order valence-electron chi connectivity index (χ0n) is 11.0. The van der Waals surface area contributed by atoms with Gasteiger partial charge in [-0.25, -0.2) is 0 Å². The molecular formula is C14H16N4O. The minimum atomic E-state index is -0.189. The average Bonchev–Trinajstić information content (AvgIpc) is 2.42. The highest BCUT2D eigenvalue weighted by Crippen LogP contribution is 2.14.